The van der Waals surface area contributed by atoms with Crippen molar-refractivity contribution < 1.29 is 23.8 Å². The predicted molar refractivity (Wildman–Crippen MR) is 191 cm³/mol. The van der Waals surface area contributed by atoms with Crippen molar-refractivity contribution in [3.8, 4) is 28.4 Å². The van der Waals surface area contributed by atoms with Gasteiger partial charge < -0.3 is 29.7 Å². The molecule has 10 nitrogen and oxygen atoms in total. The molecule has 0 bridgehead atoms. The van der Waals surface area contributed by atoms with E-state index < -0.39 is 12.1 Å². The van der Waals surface area contributed by atoms with Gasteiger partial charge in [0.1, 0.15) is 6.04 Å². The Labute approximate surface area is 287 Å². The Hall–Kier alpha value is -4.22. The fraction of sp³-hybridized carbons (Fsp3) is 0.432. The molecular weight excluding hydrogens is 628 g/mol. The van der Waals surface area contributed by atoms with Gasteiger partial charge in [0, 0.05) is 45.2 Å². The van der Waals surface area contributed by atoms with Crippen molar-refractivity contribution in [1.29, 1.82) is 0 Å². The van der Waals surface area contributed by atoms with E-state index in [9.17, 15) is 14.4 Å². The summed E-state index contributed by atoms with van der Waals surface area (Å²) in [6.45, 7) is 5.16. The number of anilines is 1. The molecule has 3 aromatic rings. The Balaban J connectivity index is 1.47. The van der Waals surface area contributed by atoms with E-state index in [0.717, 1.165) is 42.1 Å². The third-order valence-electron chi connectivity index (χ3n) is 9.09. The van der Waals surface area contributed by atoms with Crippen LogP contribution in [0.2, 0.25) is 0 Å². The quantitative estimate of drug-likeness (QED) is 0.282. The maximum atomic E-state index is 14.0. The molecule has 1 heterocycles. The summed E-state index contributed by atoms with van der Waals surface area (Å²) >= 11 is 1.67. The highest BCUT2D eigenvalue weighted by molar-refractivity contribution is 7.98. The average Bonchev–Trinajstić information content (AvgIpc) is 3.34. The van der Waals surface area contributed by atoms with Crippen LogP contribution >= 0.6 is 11.8 Å². The number of hydrogen-bond donors (Lipinski definition) is 2. The van der Waals surface area contributed by atoms with Crippen molar-refractivity contribution in [3.63, 3.8) is 0 Å². The highest BCUT2D eigenvalue weighted by Gasteiger charge is 2.31. The highest BCUT2D eigenvalue weighted by Crippen LogP contribution is 2.50. The molecule has 0 radical (unpaired) electrons. The lowest BCUT2D eigenvalue weighted by atomic mass is 9.95. The standard InChI is InChI=1S/C37H46N4O6S/c1-24(42)38-29-13-11-26-21-33(45-2)35(46-3)36(47-4)34(26)27-12-14-30(32(43)22-28(27)29)39-31(15-20-48-5)37(44)41-18-16-40(17-19-41)23-25-9-7-6-8-10-25/h6-10,12,14,21-22,29,31H,11,13,15-20,23H2,1-5H3,(H,38,42)(H,39,43). The van der Waals surface area contributed by atoms with Gasteiger partial charge in [0.25, 0.3) is 0 Å². The summed E-state index contributed by atoms with van der Waals surface area (Å²) in [6, 6.07) is 16.5. The topological polar surface area (TPSA) is 109 Å². The summed E-state index contributed by atoms with van der Waals surface area (Å²) < 4.78 is 17.2. The third kappa shape index (κ3) is 7.90. The number of nitrogens with zero attached hydrogens (tertiary/aromatic N) is 2. The summed E-state index contributed by atoms with van der Waals surface area (Å²) in [5.74, 6) is 2.04. The van der Waals surface area contributed by atoms with Crippen molar-refractivity contribution >= 4 is 29.3 Å². The fourth-order valence-corrected chi connectivity index (χ4v) is 7.17. The molecule has 1 aliphatic heterocycles. The van der Waals surface area contributed by atoms with Gasteiger partial charge >= 0.3 is 0 Å². The summed E-state index contributed by atoms with van der Waals surface area (Å²) in [5, 5.41) is 6.39. The van der Waals surface area contributed by atoms with Gasteiger partial charge in [-0.15, -0.1) is 0 Å². The maximum Gasteiger partial charge on any atom is 0.245 e. The lowest BCUT2D eigenvalue weighted by Gasteiger charge is -2.36. The van der Waals surface area contributed by atoms with E-state index in [1.807, 2.05) is 41.5 Å². The zero-order chi connectivity index (χ0) is 34.2. The number of methoxy groups -OCH3 is 3. The van der Waals surface area contributed by atoms with Gasteiger partial charge in [-0.1, -0.05) is 36.4 Å². The molecule has 2 aliphatic rings. The molecule has 3 aromatic carbocycles. The number of hydrogen-bond acceptors (Lipinski definition) is 9. The fourth-order valence-electron chi connectivity index (χ4n) is 6.70. The van der Waals surface area contributed by atoms with E-state index in [4.69, 9.17) is 14.2 Å². The molecule has 1 aliphatic carbocycles. The van der Waals surface area contributed by atoms with Gasteiger partial charge in [-0.25, -0.2) is 0 Å². The van der Waals surface area contributed by atoms with Crippen LogP contribution in [-0.4, -0.2) is 87.2 Å². The van der Waals surface area contributed by atoms with Crippen LogP contribution in [0.25, 0.3) is 11.1 Å². The molecule has 1 saturated heterocycles. The summed E-state index contributed by atoms with van der Waals surface area (Å²) in [7, 11) is 4.71. The number of thioether (sulfide) groups is 1. The second kappa shape index (κ2) is 16.3. The van der Waals surface area contributed by atoms with E-state index in [1.54, 1.807) is 45.2 Å². The van der Waals surface area contributed by atoms with E-state index in [0.29, 0.717) is 60.9 Å². The van der Waals surface area contributed by atoms with Crippen LogP contribution in [0.5, 0.6) is 17.2 Å². The third-order valence-corrected chi connectivity index (χ3v) is 9.73. The molecule has 2 amide bonds. The highest BCUT2D eigenvalue weighted by atomic mass is 32.2. The Kier molecular flexibility index (Phi) is 11.9. The monoisotopic (exact) mass is 674 g/mol. The molecule has 0 spiro atoms. The van der Waals surface area contributed by atoms with E-state index in [-0.39, 0.29) is 17.2 Å². The molecule has 48 heavy (non-hydrogen) atoms. The first-order valence-electron chi connectivity index (χ1n) is 16.4. The van der Waals surface area contributed by atoms with Crippen LogP contribution in [0.15, 0.2) is 59.4 Å². The van der Waals surface area contributed by atoms with Crippen LogP contribution < -0.4 is 30.3 Å². The molecule has 0 saturated carbocycles. The number of carbonyl (C=O) groups is 2. The molecular formula is C37H46N4O6S. The molecule has 1 fully saturated rings. The van der Waals surface area contributed by atoms with Gasteiger partial charge in [0.15, 0.2) is 11.5 Å². The second-order valence-corrected chi connectivity index (χ2v) is 13.1. The number of ether oxygens (including phenoxy) is 3. The first kappa shape index (κ1) is 35.1. The lowest BCUT2D eigenvalue weighted by molar-refractivity contribution is -0.133. The van der Waals surface area contributed by atoms with Crippen LogP contribution in [0.4, 0.5) is 5.69 Å². The van der Waals surface area contributed by atoms with Gasteiger partial charge in [-0.3, -0.25) is 19.3 Å². The minimum Gasteiger partial charge on any atom is -0.493 e. The smallest absolute Gasteiger partial charge is 0.245 e. The SMILES string of the molecule is COc1cc2c(c(OC)c1OC)-c1ccc(NC(CCSC)C(=O)N3CCN(Cc4ccccc4)CC3)c(=O)cc1C(NC(C)=O)CC2. The average molecular weight is 675 g/mol. The van der Waals surface area contributed by atoms with Crippen LogP contribution in [-0.2, 0) is 22.6 Å². The number of nitrogens with one attached hydrogen (secondary N) is 2. The number of rotatable bonds is 12. The van der Waals surface area contributed by atoms with Gasteiger partial charge in [0.05, 0.1) is 33.1 Å². The zero-order valence-electron chi connectivity index (χ0n) is 28.5. The molecule has 11 heteroatoms. The summed E-state index contributed by atoms with van der Waals surface area (Å²) in [4.78, 5) is 44.5. The number of benzene rings is 2. The minimum absolute atomic E-state index is 0.00384. The van der Waals surface area contributed by atoms with E-state index in [1.165, 1.54) is 12.5 Å². The number of amides is 2. The Morgan fingerprint density at radius 2 is 1.69 bits per heavy atom. The zero-order valence-corrected chi connectivity index (χ0v) is 29.3. The molecule has 0 aromatic heterocycles. The molecule has 2 atom stereocenters. The van der Waals surface area contributed by atoms with Crippen LogP contribution in [0, 0.1) is 0 Å². The lowest BCUT2D eigenvalue weighted by Crippen LogP contribution is -2.52. The number of fused-ring (bicyclic) bond motifs is 3. The largest absolute Gasteiger partial charge is 0.493 e. The Morgan fingerprint density at radius 3 is 2.33 bits per heavy atom. The van der Waals surface area contributed by atoms with E-state index >= 15 is 0 Å². The number of aryl methyl sites for hydroxylation is 1. The Morgan fingerprint density at radius 1 is 0.958 bits per heavy atom. The van der Waals surface area contributed by atoms with Crippen LogP contribution in [0.3, 0.4) is 0 Å². The van der Waals surface area contributed by atoms with Crippen molar-refractivity contribution in [2.45, 2.75) is 44.8 Å². The number of carbonyl (C=O) groups excluding carboxylic acids is 2. The molecule has 2 N–H and O–H groups in total. The van der Waals surface area contributed by atoms with Crippen molar-refractivity contribution in [2.24, 2.45) is 0 Å². The molecule has 2 unspecified atom stereocenters. The van der Waals surface area contributed by atoms with Crippen molar-refractivity contribution in [3.05, 3.63) is 81.5 Å². The first-order chi connectivity index (χ1) is 23.3. The predicted octanol–water partition coefficient (Wildman–Crippen LogP) is 4.74. The second-order valence-electron chi connectivity index (χ2n) is 12.2. The normalized spacial score (nSPS) is 16.5. The summed E-state index contributed by atoms with van der Waals surface area (Å²) in [6.07, 6.45) is 3.76. The first-order valence-corrected chi connectivity index (χ1v) is 17.7. The summed E-state index contributed by atoms with van der Waals surface area (Å²) in [5.41, 5.74) is 4.47. The maximum absolute atomic E-state index is 14.0. The van der Waals surface area contributed by atoms with Crippen molar-refractivity contribution in [2.75, 3.05) is 64.8 Å². The van der Waals surface area contributed by atoms with Crippen molar-refractivity contribution in [1.82, 2.24) is 15.1 Å². The Bertz CT molecular complexity index is 1660. The van der Waals surface area contributed by atoms with Gasteiger partial charge in [-0.2, -0.15) is 11.8 Å². The van der Waals surface area contributed by atoms with E-state index in [2.05, 4.69) is 27.7 Å². The minimum atomic E-state index is -0.564. The van der Waals surface area contributed by atoms with Gasteiger partial charge in [-0.05, 0) is 71.7 Å². The number of piperazine rings is 1. The van der Waals surface area contributed by atoms with Crippen LogP contribution in [0.1, 0.15) is 42.5 Å². The molecule has 256 valence electrons. The molecule has 5 rings (SSSR count). The van der Waals surface area contributed by atoms with Gasteiger partial charge in [0.2, 0.25) is 23.0 Å².